The zero-order valence-corrected chi connectivity index (χ0v) is 20.2. The third kappa shape index (κ3) is 6.79. The van der Waals surface area contributed by atoms with Gasteiger partial charge in [0.05, 0.1) is 17.7 Å². The van der Waals surface area contributed by atoms with Crippen molar-refractivity contribution in [2.24, 2.45) is 5.92 Å². The summed E-state index contributed by atoms with van der Waals surface area (Å²) in [5, 5.41) is 12.0. The molecule has 0 radical (unpaired) electrons. The molecule has 1 fully saturated rings. The molecule has 1 aliphatic rings. The molecule has 0 bridgehead atoms. The van der Waals surface area contributed by atoms with Gasteiger partial charge >= 0.3 is 0 Å². The first-order chi connectivity index (χ1) is 15.7. The van der Waals surface area contributed by atoms with Gasteiger partial charge in [0.2, 0.25) is 0 Å². The zero-order valence-electron chi connectivity index (χ0n) is 19.4. The molecule has 0 amide bonds. The zero-order chi connectivity index (χ0) is 22.2. The van der Waals surface area contributed by atoms with Crippen molar-refractivity contribution in [1.82, 2.24) is 15.1 Å². The lowest BCUT2D eigenvalue weighted by Crippen LogP contribution is -2.37. The highest BCUT2D eigenvalue weighted by atomic mass is 35.5. The Labute approximate surface area is 202 Å². The number of piperidine rings is 1. The summed E-state index contributed by atoms with van der Waals surface area (Å²) in [5.74, 6) is 0.705. The van der Waals surface area contributed by atoms with Crippen LogP contribution >= 0.6 is 12.4 Å². The van der Waals surface area contributed by atoms with Crippen molar-refractivity contribution >= 4 is 28.9 Å². The number of nitrogens with one attached hydrogen (secondary N) is 2. The van der Waals surface area contributed by atoms with Crippen molar-refractivity contribution in [3.8, 4) is 11.3 Å². The van der Waals surface area contributed by atoms with Gasteiger partial charge in [0.15, 0.2) is 0 Å². The van der Waals surface area contributed by atoms with E-state index in [1.807, 2.05) is 36.4 Å². The average Bonchev–Trinajstić information content (AvgIpc) is 2.82. The van der Waals surface area contributed by atoms with Crippen LogP contribution in [0.25, 0.3) is 22.0 Å². The molecule has 7 heteroatoms. The van der Waals surface area contributed by atoms with Gasteiger partial charge in [-0.05, 0) is 62.9 Å². The molecule has 4 rings (SSSR count). The second-order valence-corrected chi connectivity index (χ2v) is 8.78. The molecular weight excluding hydrogens is 436 g/mol. The van der Waals surface area contributed by atoms with E-state index in [2.05, 4.69) is 32.5 Å². The lowest BCUT2D eigenvalue weighted by molar-refractivity contribution is 0.0898. The Balaban J connectivity index is 0.00000306. The Bertz CT molecular complexity index is 1070. The van der Waals surface area contributed by atoms with Crippen molar-refractivity contribution in [3.63, 3.8) is 0 Å². The standard InChI is InChI=1S/C26H34N4O2.ClH/c1-32-19-20-9-8-16-30(18-20)15-6-2-5-14-27-22-11-7-10-21(17-22)25-23-12-3-4-13-24(23)26(31)29-28-25;/h3-4,7,10-13,17,20,27H,2,5-6,8-9,14-16,18-19H2,1H3,(H,29,31);1H. The number of methoxy groups -OCH3 is 1. The molecule has 1 aliphatic heterocycles. The maximum atomic E-state index is 12.1. The molecule has 3 aromatic rings. The number of rotatable bonds is 10. The van der Waals surface area contributed by atoms with E-state index in [0.29, 0.717) is 11.3 Å². The van der Waals surface area contributed by atoms with Crippen LogP contribution in [0.1, 0.15) is 32.1 Å². The Hall–Kier alpha value is -2.41. The van der Waals surface area contributed by atoms with E-state index in [4.69, 9.17) is 4.74 Å². The number of hydrogen-bond acceptors (Lipinski definition) is 5. The number of H-pyrrole nitrogens is 1. The molecule has 2 aromatic carbocycles. The summed E-state index contributed by atoms with van der Waals surface area (Å²) >= 11 is 0. The van der Waals surface area contributed by atoms with Gasteiger partial charge in [-0.1, -0.05) is 36.8 Å². The van der Waals surface area contributed by atoms with Crippen LogP contribution in [0.5, 0.6) is 0 Å². The first-order valence-electron chi connectivity index (χ1n) is 11.8. The monoisotopic (exact) mass is 470 g/mol. The predicted octanol–water partition coefficient (Wildman–Crippen LogP) is 4.95. The molecular formula is C26H35ClN4O2. The van der Waals surface area contributed by atoms with Gasteiger partial charge in [-0.3, -0.25) is 4.79 Å². The summed E-state index contributed by atoms with van der Waals surface area (Å²) in [5.41, 5.74) is 2.73. The van der Waals surface area contributed by atoms with Crippen LogP contribution in [0.2, 0.25) is 0 Å². The number of ether oxygens (including phenoxy) is 1. The summed E-state index contributed by atoms with van der Waals surface area (Å²) in [6, 6.07) is 15.9. The lowest BCUT2D eigenvalue weighted by atomic mass is 9.99. The third-order valence-electron chi connectivity index (χ3n) is 6.32. The van der Waals surface area contributed by atoms with Gasteiger partial charge < -0.3 is 15.0 Å². The number of likely N-dealkylation sites (tertiary alicyclic amines) is 1. The number of aromatic amines is 1. The van der Waals surface area contributed by atoms with E-state index in [-0.39, 0.29) is 18.0 Å². The van der Waals surface area contributed by atoms with Gasteiger partial charge in [0, 0.05) is 36.8 Å². The molecule has 2 N–H and O–H groups in total. The number of nitrogens with zero attached hydrogens (tertiary/aromatic N) is 2. The topological polar surface area (TPSA) is 70.2 Å². The van der Waals surface area contributed by atoms with Crippen molar-refractivity contribution in [1.29, 1.82) is 0 Å². The van der Waals surface area contributed by atoms with E-state index in [9.17, 15) is 4.79 Å². The average molecular weight is 471 g/mol. The smallest absolute Gasteiger partial charge is 0.272 e. The minimum absolute atomic E-state index is 0. The van der Waals surface area contributed by atoms with Crippen molar-refractivity contribution in [2.45, 2.75) is 32.1 Å². The third-order valence-corrected chi connectivity index (χ3v) is 6.32. The number of hydrogen-bond donors (Lipinski definition) is 2. The van der Waals surface area contributed by atoms with E-state index < -0.39 is 0 Å². The van der Waals surface area contributed by atoms with Crippen molar-refractivity contribution in [3.05, 3.63) is 58.9 Å². The summed E-state index contributed by atoms with van der Waals surface area (Å²) in [4.78, 5) is 14.7. The van der Waals surface area contributed by atoms with Crippen molar-refractivity contribution < 1.29 is 4.74 Å². The van der Waals surface area contributed by atoms with Gasteiger partial charge in [0.1, 0.15) is 0 Å². The second kappa shape index (κ2) is 12.7. The van der Waals surface area contributed by atoms with Crippen LogP contribution < -0.4 is 10.9 Å². The van der Waals surface area contributed by atoms with E-state index in [1.165, 1.54) is 45.3 Å². The molecule has 1 unspecified atom stereocenters. The Morgan fingerprint density at radius 1 is 1.12 bits per heavy atom. The number of halogens is 1. The Morgan fingerprint density at radius 2 is 1.97 bits per heavy atom. The largest absolute Gasteiger partial charge is 0.385 e. The van der Waals surface area contributed by atoms with Crippen LogP contribution in [0.15, 0.2) is 53.3 Å². The first kappa shape index (κ1) is 25.2. The first-order valence-corrected chi connectivity index (χ1v) is 11.8. The SMILES string of the molecule is COCC1CCCN(CCCCCNc2cccc(-c3n[nH]c(=O)c4ccccc34)c2)C1.Cl. The number of benzene rings is 2. The molecule has 0 saturated carbocycles. The fraction of sp³-hybridized carbons (Fsp3) is 0.462. The maximum Gasteiger partial charge on any atom is 0.272 e. The van der Waals surface area contributed by atoms with E-state index >= 15 is 0 Å². The van der Waals surface area contributed by atoms with E-state index in [0.717, 1.165) is 41.9 Å². The van der Waals surface area contributed by atoms with Gasteiger partial charge in [-0.25, -0.2) is 5.10 Å². The van der Waals surface area contributed by atoms with Gasteiger partial charge in [0.25, 0.3) is 5.56 Å². The molecule has 6 nitrogen and oxygen atoms in total. The molecule has 33 heavy (non-hydrogen) atoms. The molecule has 2 heterocycles. The maximum absolute atomic E-state index is 12.1. The lowest BCUT2D eigenvalue weighted by Gasteiger charge is -2.32. The van der Waals surface area contributed by atoms with Crippen molar-refractivity contribution in [2.75, 3.05) is 45.2 Å². The fourth-order valence-electron chi connectivity index (χ4n) is 4.71. The molecule has 1 aromatic heterocycles. The molecule has 0 spiro atoms. The van der Waals surface area contributed by atoms with Crippen LogP contribution in [-0.4, -0.2) is 55.0 Å². The molecule has 0 aliphatic carbocycles. The molecule has 178 valence electrons. The predicted molar refractivity (Wildman–Crippen MR) is 138 cm³/mol. The number of fused-ring (bicyclic) bond motifs is 1. The second-order valence-electron chi connectivity index (χ2n) is 8.78. The summed E-state index contributed by atoms with van der Waals surface area (Å²) in [6.45, 7) is 5.46. The van der Waals surface area contributed by atoms with E-state index in [1.54, 1.807) is 7.11 Å². The fourth-order valence-corrected chi connectivity index (χ4v) is 4.71. The quantitative estimate of drug-likeness (QED) is 0.410. The minimum atomic E-state index is -0.155. The van der Waals surface area contributed by atoms with Crippen LogP contribution in [-0.2, 0) is 4.74 Å². The molecule has 1 atom stereocenters. The number of unbranched alkanes of at least 4 members (excludes halogenated alkanes) is 2. The van der Waals surface area contributed by atoms with Gasteiger partial charge in [-0.15, -0.1) is 12.4 Å². The highest BCUT2D eigenvalue weighted by molar-refractivity contribution is 5.94. The minimum Gasteiger partial charge on any atom is -0.385 e. The summed E-state index contributed by atoms with van der Waals surface area (Å²) in [6.07, 6.45) is 6.22. The normalized spacial score (nSPS) is 16.5. The molecule has 1 saturated heterocycles. The van der Waals surface area contributed by atoms with Crippen LogP contribution in [0.4, 0.5) is 5.69 Å². The number of aromatic nitrogens is 2. The van der Waals surface area contributed by atoms with Crippen LogP contribution in [0.3, 0.4) is 0 Å². The van der Waals surface area contributed by atoms with Gasteiger partial charge in [-0.2, -0.15) is 5.10 Å². The highest BCUT2D eigenvalue weighted by Crippen LogP contribution is 2.26. The summed E-state index contributed by atoms with van der Waals surface area (Å²) in [7, 11) is 1.81. The van der Waals surface area contributed by atoms with Crippen LogP contribution in [0, 0.1) is 5.92 Å². The Kier molecular flexibility index (Phi) is 9.73. The highest BCUT2D eigenvalue weighted by Gasteiger charge is 2.19. The Morgan fingerprint density at radius 3 is 2.82 bits per heavy atom. The summed E-state index contributed by atoms with van der Waals surface area (Å²) < 4.78 is 5.34. The number of anilines is 1.